The largest absolute Gasteiger partial charge is 0.444 e. The highest BCUT2D eigenvalue weighted by Gasteiger charge is 2.41. The number of carbonyl (C=O) groups is 2. The maximum absolute atomic E-state index is 14.1. The lowest BCUT2D eigenvalue weighted by Gasteiger charge is -2.31. The van der Waals surface area contributed by atoms with Gasteiger partial charge in [-0.05, 0) is 35.6 Å². The van der Waals surface area contributed by atoms with Crippen molar-refractivity contribution in [3.05, 3.63) is 64.2 Å². The third kappa shape index (κ3) is 4.93. The van der Waals surface area contributed by atoms with Crippen molar-refractivity contribution in [2.45, 2.75) is 31.2 Å². The van der Waals surface area contributed by atoms with Crippen LogP contribution in [0, 0.1) is 0 Å². The molecule has 1 aliphatic rings. The van der Waals surface area contributed by atoms with Gasteiger partial charge in [-0.1, -0.05) is 12.1 Å². The predicted octanol–water partition coefficient (Wildman–Crippen LogP) is 3.36. The molecule has 3 heterocycles. The van der Waals surface area contributed by atoms with E-state index in [1.165, 1.54) is 28.0 Å². The van der Waals surface area contributed by atoms with Crippen molar-refractivity contribution in [1.29, 1.82) is 0 Å². The van der Waals surface area contributed by atoms with Gasteiger partial charge in [0.05, 0.1) is 12.6 Å². The van der Waals surface area contributed by atoms with Crippen LogP contribution in [0.25, 0.3) is 11.5 Å². The van der Waals surface area contributed by atoms with Gasteiger partial charge in [-0.25, -0.2) is 9.37 Å². The molecular weight excluding hydrogens is 459 g/mol. The number of aromatic nitrogens is 1. The first-order chi connectivity index (χ1) is 15.8. The second-order valence-electron chi connectivity index (χ2n) is 7.63. The number of benzene rings is 1. The Bertz CT molecular complexity index is 1120. The van der Waals surface area contributed by atoms with Crippen LogP contribution in [-0.2, 0) is 17.3 Å². The molecule has 33 heavy (non-hydrogen) atoms. The van der Waals surface area contributed by atoms with Gasteiger partial charge in [-0.15, -0.1) is 0 Å². The number of aliphatic hydroxyl groups is 1. The summed E-state index contributed by atoms with van der Waals surface area (Å²) in [5.74, 6) is -5.34. The third-order valence-electron chi connectivity index (χ3n) is 5.34. The molecule has 1 fully saturated rings. The number of aliphatic hydroxyl groups excluding tert-OH is 1. The van der Waals surface area contributed by atoms with Crippen molar-refractivity contribution in [3.8, 4) is 11.5 Å². The van der Waals surface area contributed by atoms with E-state index >= 15 is 0 Å². The molecule has 3 aromatic rings. The molecule has 11 heteroatoms. The number of hydrogen-bond donors (Lipinski definition) is 2. The minimum atomic E-state index is -3.62. The lowest BCUT2D eigenvalue weighted by molar-refractivity contribution is -0.147. The van der Waals surface area contributed by atoms with Crippen molar-refractivity contribution < 1.29 is 32.3 Å². The van der Waals surface area contributed by atoms with Gasteiger partial charge in [-0.2, -0.15) is 20.1 Å². The monoisotopic (exact) mass is 479 g/mol. The summed E-state index contributed by atoms with van der Waals surface area (Å²) in [6, 6.07) is 7.67. The van der Waals surface area contributed by atoms with Gasteiger partial charge in [0.1, 0.15) is 12.4 Å². The minimum absolute atomic E-state index is 0.0144. The molecule has 0 saturated carbocycles. The molecule has 4 rings (SSSR count). The molecule has 1 aromatic carbocycles. The van der Waals surface area contributed by atoms with Crippen molar-refractivity contribution in [2.75, 3.05) is 13.1 Å². The van der Waals surface area contributed by atoms with Crippen LogP contribution >= 0.6 is 11.3 Å². The van der Waals surface area contributed by atoms with Gasteiger partial charge in [0.15, 0.2) is 5.69 Å². The maximum Gasteiger partial charge on any atom is 0.350 e. The first-order valence-electron chi connectivity index (χ1n) is 10.1. The topological polar surface area (TPSA) is 95.7 Å². The third-order valence-corrected chi connectivity index (χ3v) is 6.02. The van der Waals surface area contributed by atoms with Gasteiger partial charge in [0, 0.05) is 29.6 Å². The summed E-state index contributed by atoms with van der Waals surface area (Å²) in [5.41, 5.74) is 0.778. The molecular formula is C22H20F3N3O4S. The van der Waals surface area contributed by atoms with E-state index in [1.807, 2.05) is 0 Å². The molecule has 2 amide bonds. The molecule has 2 aromatic heterocycles. The standard InChI is InChI=1S/C22H20F3N3O4S/c23-16-10-28(7-5-18(16)29)20(30)17-11-32-19(27-17)14-3-1-13(2-4-14)9-26-21(31)22(24,25)15-6-8-33-12-15/h1-4,6,8,11-12,16,18,29H,5,7,9-10H2,(H,26,31). The summed E-state index contributed by atoms with van der Waals surface area (Å²) in [5, 5.41) is 14.4. The Labute approximate surface area is 190 Å². The summed E-state index contributed by atoms with van der Waals surface area (Å²) in [4.78, 5) is 29.9. The number of thiophene rings is 1. The number of rotatable bonds is 6. The van der Waals surface area contributed by atoms with E-state index in [1.54, 1.807) is 24.3 Å². The Balaban J connectivity index is 1.36. The molecule has 1 aliphatic heterocycles. The molecule has 0 radical (unpaired) electrons. The lowest BCUT2D eigenvalue weighted by Crippen LogP contribution is -2.47. The number of likely N-dealkylation sites (tertiary alicyclic amines) is 1. The van der Waals surface area contributed by atoms with E-state index in [0.29, 0.717) is 11.1 Å². The molecule has 2 unspecified atom stereocenters. The van der Waals surface area contributed by atoms with Gasteiger partial charge in [0.25, 0.3) is 11.8 Å². The van der Waals surface area contributed by atoms with E-state index in [2.05, 4.69) is 10.3 Å². The fraction of sp³-hybridized carbons (Fsp3) is 0.318. The Kier molecular flexibility index (Phi) is 6.52. The van der Waals surface area contributed by atoms with Gasteiger partial charge >= 0.3 is 5.92 Å². The molecule has 0 bridgehead atoms. The second-order valence-corrected chi connectivity index (χ2v) is 8.41. The molecule has 2 atom stereocenters. The number of halogens is 3. The molecule has 174 valence electrons. The van der Waals surface area contributed by atoms with E-state index < -0.39 is 30.0 Å². The van der Waals surface area contributed by atoms with Crippen molar-refractivity contribution in [2.24, 2.45) is 0 Å². The second kappa shape index (κ2) is 9.36. The fourth-order valence-electron chi connectivity index (χ4n) is 3.38. The number of carbonyl (C=O) groups excluding carboxylic acids is 2. The summed E-state index contributed by atoms with van der Waals surface area (Å²) in [6.07, 6.45) is -1.26. The Morgan fingerprint density at radius 1 is 1.27 bits per heavy atom. The average Bonchev–Trinajstić information content (AvgIpc) is 3.52. The van der Waals surface area contributed by atoms with Crippen LogP contribution in [0.15, 0.2) is 51.8 Å². The number of piperidine rings is 1. The zero-order valence-corrected chi connectivity index (χ0v) is 18.0. The number of oxazole rings is 1. The SMILES string of the molecule is O=C(c1coc(-c2ccc(CNC(=O)C(F)(F)c3ccsc3)cc2)n1)N1CCC(O)C(F)C1. The zero-order valence-electron chi connectivity index (χ0n) is 17.2. The van der Waals surface area contributed by atoms with Crippen LogP contribution in [0.2, 0.25) is 0 Å². The number of nitrogens with zero attached hydrogens (tertiary/aromatic N) is 2. The van der Waals surface area contributed by atoms with Crippen LogP contribution in [0.5, 0.6) is 0 Å². The molecule has 0 spiro atoms. The van der Waals surface area contributed by atoms with Crippen LogP contribution in [0.1, 0.15) is 28.0 Å². The van der Waals surface area contributed by atoms with Crippen LogP contribution in [-0.4, -0.2) is 52.2 Å². The summed E-state index contributed by atoms with van der Waals surface area (Å²) in [6.45, 7) is -0.0953. The summed E-state index contributed by atoms with van der Waals surface area (Å²) in [7, 11) is 0. The highest BCUT2D eigenvalue weighted by Crippen LogP contribution is 2.30. The quantitative estimate of drug-likeness (QED) is 0.565. The molecule has 0 aliphatic carbocycles. The first kappa shape index (κ1) is 23.0. The highest BCUT2D eigenvalue weighted by molar-refractivity contribution is 7.08. The average molecular weight is 479 g/mol. The Hall–Kier alpha value is -3.18. The maximum atomic E-state index is 14.1. The molecule has 1 saturated heterocycles. The summed E-state index contributed by atoms with van der Waals surface area (Å²) >= 11 is 1.08. The van der Waals surface area contributed by atoms with E-state index in [9.17, 15) is 27.9 Å². The van der Waals surface area contributed by atoms with Crippen molar-refractivity contribution in [1.82, 2.24) is 15.2 Å². The predicted molar refractivity (Wildman–Crippen MR) is 113 cm³/mol. The van der Waals surface area contributed by atoms with Gasteiger partial charge in [0.2, 0.25) is 5.89 Å². The molecule has 2 N–H and O–H groups in total. The fourth-order valence-corrected chi connectivity index (χ4v) is 4.05. The number of hydrogen-bond acceptors (Lipinski definition) is 6. The zero-order chi connectivity index (χ0) is 23.6. The van der Waals surface area contributed by atoms with Crippen LogP contribution in [0.4, 0.5) is 13.2 Å². The van der Waals surface area contributed by atoms with E-state index in [4.69, 9.17) is 4.42 Å². The van der Waals surface area contributed by atoms with E-state index in [0.717, 1.165) is 11.3 Å². The van der Waals surface area contributed by atoms with E-state index in [-0.39, 0.29) is 43.2 Å². The smallest absolute Gasteiger partial charge is 0.350 e. The molecule has 7 nitrogen and oxygen atoms in total. The highest BCUT2D eigenvalue weighted by atomic mass is 32.1. The number of amides is 2. The van der Waals surface area contributed by atoms with Crippen LogP contribution < -0.4 is 5.32 Å². The van der Waals surface area contributed by atoms with Gasteiger partial charge < -0.3 is 19.7 Å². The minimum Gasteiger partial charge on any atom is -0.444 e. The van der Waals surface area contributed by atoms with Crippen LogP contribution in [0.3, 0.4) is 0 Å². The van der Waals surface area contributed by atoms with Gasteiger partial charge in [-0.3, -0.25) is 9.59 Å². The van der Waals surface area contributed by atoms with Crippen molar-refractivity contribution >= 4 is 23.2 Å². The Morgan fingerprint density at radius 3 is 2.70 bits per heavy atom. The van der Waals surface area contributed by atoms with Crippen molar-refractivity contribution in [3.63, 3.8) is 0 Å². The Morgan fingerprint density at radius 2 is 2.03 bits per heavy atom. The normalized spacial score (nSPS) is 18.8. The number of alkyl halides is 3. The lowest BCUT2D eigenvalue weighted by atomic mass is 10.1. The number of nitrogens with one attached hydrogen (secondary N) is 1. The summed E-state index contributed by atoms with van der Waals surface area (Å²) < 4.78 is 47.3. The first-order valence-corrected chi connectivity index (χ1v) is 11.0.